The Bertz CT molecular complexity index is 188. The van der Waals surface area contributed by atoms with E-state index in [1.54, 1.807) is 6.92 Å². The topological polar surface area (TPSA) is 44.4 Å². The molecule has 1 amide bonds. The third-order valence-electron chi connectivity index (χ3n) is 2.85. The number of hydrogen-bond acceptors (Lipinski definition) is 3. The number of carbonyl (C=O) groups excluding carboxylic acids is 1. The van der Waals surface area contributed by atoms with E-state index < -0.39 is 0 Å². The van der Waals surface area contributed by atoms with Gasteiger partial charge in [-0.15, -0.1) is 0 Å². The molecule has 0 saturated carbocycles. The van der Waals surface area contributed by atoms with E-state index in [0.29, 0.717) is 6.04 Å². The molecule has 15 heavy (non-hydrogen) atoms. The number of nitrogens with one attached hydrogen (secondary N) is 2. The molecule has 2 N–H and O–H groups in total. The zero-order valence-electron chi connectivity index (χ0n) is 9.88. The maximum absolute atomic E-state index is 10.9. The molecule has 0 aromatic heterocycles. The van der Waals surface area contributed by atoms with Gasteiger partial charge >= 0.3 is 0 Å². The Hall–Kier alpha value is -0.610. The lowest BCUT2D eigenvalue weighted by atomic mass is 10.1. The second-order valence-corrected chi connectivity index (χ2v) is 4.17. The van der Waals surface area contributed by atoms with Crippen LogP contribution >= 0.6 is 0 Å². The fourth-order valence-corrected chi connectivity index (χ4v) is 2.00. The third-order valence-corrected chi connectivity index (χ3v) is 2.85. The molecule has 0 atom stereocenters. The lowest BCUT2D eigenvalue weighted by molar-refractivity contribution is -0.119. The average Bonchev–Trinajstić information content (AvgIpc) is 2.20. The fourth-order valence-electron chi connectivity index (χ4n) is 2.00. The molecule has 0 aliphatic carbocycles. The van der Waals surface area contributed by atoms with Crippen molar-refractivity contribution < 1.29 is 4.79 Å². The Kier molecular flexibility index (Phi) is 5.65. The predicted octanol–water partition coefficient (Wildman–Crippen LogP) is 0.196. The third kappa shape index (κ3) is 5.14. The largest absolute Gasteiger partial charge is 0.354 e. The van der Waals surface area contributed by atoms with Gasteiger partial charge in [-0.25, -0.2) is 0 Å². The molecule has 0 radical (unpaired) electrons. The van der Waals surface area contributed by atoms with E-state index in [2.05, 4.69) is 22.5 Å². The molecule has 0 aromatic rings. The normalized spacial score (nSPS) is 19.1. The summed E-state index contributed by atoms with van der Waals surface area (Å²) in [5.74, 6) is 0.0982. The minimum Gasteiger partial charge on any atom is -0.354 e. The van der Waals surface area contributed by atoms with Crippen LogP contribution in [-0.4, -0.2) is 49.6 Å². The summed E-state index contributed by atoms with van der Waals surface area (Å²) in [7, 11) is 0. The van der Waals surface area contributed by atoms with E-state index in [1.165, 1.54) is 0 Å². The van der Waals surface area contributed by atoms with E-state index in [4.69, 9.17) is 0 Å². The highest BCUT2D eigenvalue weighted by Gasteiger charge is 2.18. The molecule has 1 heterocycles. The molecular formula is C11H23N3O. The Morgan fingerprint density at radius 2 is 2.07 bits per heavy atom. The standard InChI is InChI=1S/C11H23N3O/c1-3-12-6-9-14-7-4-11(5-8-14)13-10(2)15/h11-12H,3-9H2,1-2H3,(H,13,15). The Morgan fingerprint density at radius 1 is 1.40 bits per heavy atom. The van der Waals surface area contributed by atoms with Crippen LogP contribution in [0.5, 0.6) is 0 Å². The Labute approximate surface area is 92.4 Å². The number of piperidine rings is 1. The molecule has 4 nitrogen and oxygen atoms in total. The number of rotatable bonds is 5. The number of likely N-dealkylation sites (tertiary alicyclic amines) is 1. The van der Waals surface area contributed by atoms with Crippen molar-refractivity contribution in [1.82, 2.24) is 15.5 Å². The van der Waals surface area contributed by atoms with Crippen LogP contribution in [0.3, 0.4) is 0 Å². The second-order valence-electron chi connectivity index (χ2n) is 4.17. The first-order valence-corrected chi connectivity index (χ1v) is 5.92. The van der Waals surface area contributed by atoms with Gasteiger partial charge in [0.1, 0.15) is 0 Å². The van der Waals surface area contributed by atoms with Crippen LogP contribution in [-0.2, 0) is 4.79 Å². The second kappa shape index (κ2) is 6.80. The van der Waals surface area contributed by atoms with Crippen molar-refractivity contribution in [2.45, 2.75) is 32.7 Å². The highest BCUT2D eigenvalue weighted by atomic mass is 16.1. The van der Waals surface area contributed by atoms with Crippen LogP contribution in [0, 0.1) is 0 Å². The van der Waals surface area contributed by atoms with Gasteiger partial charge in [-0.05, 0) is 19.4 Å². The van der Waals surface area contributed by atoms with Gasteiger partial charge in [-0.1, -0.05) is 6.92 Å². The molecule has 1 aliphatic heterocycles. The van der Waals surface area contributed by atoms with Crippen molar-refractivity contribution in [3.05, 3.63) is 0 Å². The van der Waals surface area contributed by atoms with Gasteiger partial charge in [0.25, 0.3) is 0 Å². The number of amides is 1. The van der Waals surface area contributed by atoms with Crippen molar-refractivity contribution >= 4 is 5.91 Å². The monoisotopic (exact) mass is 213 g/mol. The van der Waals surface area contributed by atoms with Crippen LogP contribution in [0.4, 0.5) is 0 Å². The van der Waals surface area contributed by atoms with E-state index in [-0.39, 0.29) is 5.91 Å². The number of nitrogens with zero attached hydrogens (tertiary/aromatic N) is 1. The van der Waals surface area contributed by atoms with E-state index in [9.17, 15) is 4.79 Å². The minimum atomic E-state index is 0.0982. The zero-order valence-corrected chi connectivity index (χ0v) is 9.88. The van der Waals surface area contributed by atoms with Crippen LogP contribution in [0.15, 0.2) is 0 Å². The maximum atomic E-state index is 10.9. The highest BCUT2D eigenvalue weighted by molar-refractivity contribution is 5.73. The van der Waals surface area contributed by atoms with Crippen LogP contribution in [0.25, 0.3) is 0 Å². The fraction of sp³-hybridized carbons (Fsp3) is 0.909. The molecular weight excluding hydrogens is 190 g/mol. The first kappa shape index (κ1) is 12.5. The lowest BCUT2D eigenvalue weighted by Gasteiger charge is -2.32. The van der Waals surface area contributed by atoms with Gasteiger partial charge < -0.3 is 15.5 Å². The SMILES string of the molecule is CCNCCN1CCC(NC(C)=O)CC1. The highest BCUT2D eigenvalue weighted by Crippen LogP contribution is 2.09. The van der Waals surface area contributed by atoms with Crippen LogP contribution in [0.2, 0.25) is 0 Å². The van der Waals surface area contributed by atoms with E-state index >= 15 is 0 Å². The molecule has 0 bridgehead atoms. The number of carbonyl (C=O) groups is 1. The van der Waals surface area contributed by atoms with Gasteiger partial charge in [0.05, 0.1) is 0 Å². The van der Waals surface area contributed by atoms with Crippen LogP contribution < -0.4 is 10.6 Å². The molecule has 1 fully saturated rings. The molecule has 1 rings (SSSR count). The maximum Gasteiger partial charge on any atom is 0.217 e. The van der Waals surface area contributed by atoms with Gasteiger partial charge in [-0.2, -0.15) is 0 Å². The summed E-state index contributed by atoms with van der Waals surface area (Å²) in [5.41, 5.74) is 0. The van der Waals surface area contributed by atoms with Gasteiger partial charge in [0.15, 0.2) is 0 Å². The molecule has 0 unspecified atom stereocenters. The Morgan fingerprint density at radius 3 is 2.60 bits per heavy atom. The molecule has 88 valence electrons. The summed E-state index contributed by atoms with van der Waals surface area (Å²) in [6.07, 6.45) is 2.18. The molecule has 1 aliphatic rings. The van der Waals surface area contributed by atoms with E-state index in [1.807, 2.05) is 0 Å². The van der Waals surface area contributed by atoms with E-state index in [0.717, 1.165) is 45.6 Å². The lowest BCUT2D eigenvalue weighted by Crippen LogP contribution is -2.45. The summed E-state index contributed by atoms with van der Waals surface area (Å²) in [5, 5.41) is 6.32. The smallest absolute Gasteiger partial charge is 0.217 e. The summed E-state index contributed by atoms with van der Waals surface area (Å²) in [6, 6.07) is 0.401. The Balaban J connectivity index is 2.10. The van der Waals surface area contributed by atoms with Gasteiger partial charge in [0, 0.05) is 39.1 Å². The minimum absolute atomic E-state index is 0.0982. The summed E-state index contributed by atoms with van der Waals surface area (Å²) < 4.78 is 0. The molecule has 0 aromatic carbocycles. The average molecular weight is 213 g/mol. The van der Waals surface area contributed by atoms with Crippen molar-refractivity contribution in [3.8, 4) is 0 Å². The number of hydrogen-bond donors (Lipinski definition) is 2. The first-order chi connectivity index (χ1) is 7.22. The zero-order chi connectivity index (χ0) is 11.1. The van der Waals surface area contributed by atoms with Crippen molar-refractivity contribution in [3.63, 3.8) is 0 Å². The molecule has 0 spiro atoms. The first-order valence-electron chi connectivity index (χ1n) is 5.92. The van der Waals surface area contributed by atoms with Gasteiger partial charge in [0.2, 0.25) is 5.91 Å². The summed E-state index contributed by atoms with van der Waals surface area (Å²) in [4.78, 5) is 13.3. The van der Waals surface area contributed by atoms with Crippen molar-refractivity contribution in [1.29, 1.82) is 0 Å². The van der Waals surface area contributed by atoms with Crippen molar-refractivity contribution in [2.24, 2.45) is 0 Å². The van der Waals surface area contributed by atoms with Crippen molar-refractivity contribution in [2.75, 3.05) is 32.7 Å². The molecule has 4 heteroatoms. The predicted molar refractivity (Wildman–Crippen MR) is 61.8 cm³/mol. The quantitative estimate of drug-likeness (QED) is 0.641. The number of likely N-dealkylation sites (N-methyl/N-ethyl adjacent to an activating group) is 1. The summed E-state index contributed by atoms with van der Waals surface area (Å²) >= 11 is 0. The molecule has 1 saturated heterocycles. The van der Waals surface area contributed by atoms with Gasteiger partial charge in [-0.3, -0.25) is 4.79 Å². The van der Waals surface area contributed by atoms with Crippen LogP contribution in [0.1, 0.15) is 26.7 Å². The summed E-state index contributed by atoms with van der Waals surface area (Å²) in [6.45, 7) is 9.18.